The van der Waals surface area contributed by atoms with Crippen molar-refractivity contribution in [3.05, 3.63) is 30.6 Å². The maximum absolute atomic E-state index is 4.34. The zero-order chi connectivity index (χ0) is 12.1. The SMILES string of the molecule is CCCc1nccn1-c1cc(NCC)ncn1. The topological polar surface area (TPSA) is 55.6 Å². The van der Waals surface area contributed by atoms with Gasteiger partial charge in [0.2, 0.25) is 0 Å². The summed E-state index contributed by atoms with van der Waals surface area (Å²) < 4.78 is 2.01. The normalized spacial score (nSPS) is 10.5. The highest BCUT2D eigenvalue weighted by Crippen LogP contribution is 2.12. The van der Waals surface area contributed by atoms with Gasteiger partial charge in [0.15, 0.2) is 0 Å². The molecule has 0 saturated carbocycles. The molecule has 2 aromatic rings. The number of rotatable bonds is 5. The first-order valence-electron chi connectivity index (χ1n) is 5.93. The number of hydrogen-bond donors (Lipinski definition) is 1. The molecule has 2 rings (SSSR count). The van der Waals surface area contributed by atoms with E-state index in [0.29, 0.717) is 0 Å². The molecule has 0 bridgehead atoms. The monoisotopic (exact) mass is 231 g/mol. The molecule has 0 amide bonds. The summed E-state index contributed by atoms with van der Waals surface area (Å²) in [6.45, 7) is 5.03. The number of nitrogens with zero attached hydrogens (tertiary/aromatic N) is 4. The Bertz CT molecular complexity index is 477. The lowest BCUT2D eigenvalue weighted by molar-refractivity contribution is 0.796. The van der Waals surface area contributed by atoms with E-state index in [1.807, 2.05) is 23.8 Å². The molecule has 0 aromatic carbocycles. The number of anilines is 1. The van der Waals surface area contributed by atoms with Gasteiger partial charge in [0.1, 0.15) is 23.8 Å². The smallest absolute Gasteiger partial charge is 0.143 e. The number of aryl methyl sites for hydroxylation is 1. The van der Waals surface area contributed by atoms with Crippen molar-refractivity contribution >= 4 is 5.82 Å². The van der Waals surface area contributed by atoms with Crippen LogP contribution in [-0.2, 0) is 6.42 Å². The van der Waals surface area contributed by atoms with Crippen LogP contribution in [0.5, 0.6) is 0 Å². The van der Waals surface area contributed by atoms with E-state index in [-0.39, 0.29) is 0 Å². The van der Waals surface area contributed by atoms with Crippen molar-refractivity contribution in [3.63, 3.8) is 0 Å². The fourth-order valence-electron chi connectivity index (χ4n) is 1.71. The van der Waals surface area contributed by atoms with E-state index in [9.17, 15) is 0 Å². The molecule has 0 aliphatic carbocycles. The van der Waals surface area contributed by atoms with Crippen LogP contribution in [0.1, 0.15) is 26.1 Å². The Morgan fingerprint density at radius 1 is 1.24 bits per heavy atom. The molecule has 2 heterocycles. The predicted octanol–water partition coefficient (Wildman–Crippen LogP) is 2.05. The van der Waals surface area contributed by atoms with E-state index in [0.717, 1.165) is 36.8 Å². The molecule has 0 spiro atoms. The van der Waals surface area contributed by atoms with Crippen LogP contribution in [0.25, 0.3) is 5.82 Å². The van der Waals surface area contributed by atoms with Crippen LogP contribution in [-0.4, -0.2) is 26.1 Å². The Morgan fingerprint density at radius 2 is 2.12 bits per heavy atom. The minimum absolute atomic E-state index is 0.841. The second-order valence-electron chi connectivity index (χ2n) is 3.76. The van der Waals surface area contributed by atoms with Gasteiger partial charge in [-0.2, -0.15) is 0 Å². The van der Waals surface area contributed by atoms with Gasteiger partial charge in [0.25, 0.3) is 0 Å². The van der Waals surface area contributed by atoms with Gasteiger partial charge >= 0.3 is 0 Å². The average molecular weight is 231 g/mol. The van der Waals surface area contributed by atoms with E-state index in [1.165, 1.54) is 0 Å². The highest BCUT2D eigenvalue weighted by molar-refractivity contribution is 5.40. The van der Waals surface area contributed by atoms with E-state index in [1.54, 1.807) is 12.5 Å². The molecule has 1 N–H and O–H groups in total. The van der Waals surface area contributed by atoms with Crippen LogP contribution in [0.4, 0.5) is 5.82 Å². The summed E-state index contributed by atoms with van der Waals surface area (Å²) in [5.41, 5.74) is 0. The predicted molar refractivity (Wildman–Crippen MR) is 67.3 cm³/mol. The van der Waals surface area contributed by atoms with Crippen LogP contribution >= 0.6 is 0 Å². The van der Waals surface area contributed by atoms with Gasteiger partial charge in [-0.15, -0.1) is 0 Å². The summed E-state index contributed by atoms with van der Waals surface area (Å²) in [5.74, 6) is 2.74. The van der Waals surface area contributed by atoms with E-state index in [2.05, 4.69) is 27.2 Å². The van der Waals surface area contributed by atoms with Crippen LogP contribution in [0.2, 0.25) is 0 Å². The van der Waals surface area contributed by atoms with Crippen molar-refractivity contribution in [1.82, 2.24) is 19.5 Å². The minimum atomic E-state index is 0.841. The lowest BCUT2D eigenvalue weighted by Crippen LogP contribution is -2.05. The van der Waals surface area contributed by atoms with Crippen molar-refractivity contribution in [3.8, 4) is 5.82 Å². The third kappa shape index (κ3) is 2.61. The molecule has 0 fully saturated rings. The first-order chi connectivity index (χ1) is 8.35. The maximum Gasteiger partial charge on any atom is 0.143 e. The summed E-state index contributed by atoms with van der Waals surface area (Å²) in [7, 11) is 0. The Labute approximate surface area is 101 Å². The van der Waals surface area contributed by atoms with Gasteiger partial charge in [-0.25, -0.2) is 15.0 Å². The van der Waals surface area contributed by atoms with Gasteiger partial charge in [-0.05, 0) is 13.3 Å². The number of imidazole rings is 1. The second-order valence-corrected chi connectivity index (χ2v) is 3.76. The fraction of sp³-hybridized carbons (Fsp3) is 0.417. The summed E-state index contributed by atoms with van der Waals surface area (Å²) in [6.07, 6.45) is 7.34. The molecule has 0 unspecified atom stereocenters. The molecule has 90 valence electrons. The Morgan fingerprint density at radius 3 is 2.88 bits per heavy atom. The molecule has 5 nitrogen and oxygen atoms in total. The fourth-order valence-corrected chi connectivity index (χ4v) is 1.71. The van der Waals surface area contributed by atoms with Crippen molar-refractivity contribution in [2.24, 2.45) is 0 Å². The molecular weight excluding hydrogens is 214 g/mol. The Hall–Kier alpha value is -1.91. The Kier molecular flexibility index (Phi) is 3.69. The largest absolute Gasteiger partial charge is 0.370 e. The van der Waals surface area contributed by atoms with Gasteiger partial charge < -0.3 is 5.32 Å². The van der Waals surface area contributed by atoms with Gasteiger partial charge in [-0.1, -0.05) is 6.92 Å². The number of hydrogen-bond acceptors (Lipinski definition) is 4. The van der Waals surface area contributed by atoms with Gasteiger partial charge in [0.05, 0.1) is 0 Å². The van der Waals surface area contributed by atoms with Crippen molar-refractivity contribution < 1.29 is 0 Å². The molecule has 5 heteroatoms. The quantitative estimate of drug-likeness (QED) is 0.855. The first-order valence-corrected chi connectivity index (χ1v) is 5.93. The third-order valence-electron chi connectivity index (χ3n) is 2.45. The summed E-state index contributed by atoms with van der Waals surface area (Å²) in [6, 6.07) is 1.93. The molecule has 0 saturated heterocycles. The molecule has 0 aliphatic heterocycles. The van der Waals surface area contributed by atoms with Gasteiger partial charge in [0, 0.05) is 31.4 Å². The minimum Gasteiger partial charge on any atom is -0.370 e. The van der Waals surface area contributed by atoms with Crippen molar-refractivity contribution in [2.75, 3.05) is 11.9 Å². The maximum atomic E-state index is 4.34. The zero-order valence-corrected chi connectivity index (χ0v) is 10.2. The second kappa shape index (κ2) is 5.43. The molecule has 17 heavy (non-hydrogen) atoms. The van der Waals surface area contributed by atoms with Crippen LogP contribution in [0.3, 0.4) is 0 Å². The molecule has 0 atom stereocenters. The van der Waals surface area contributed by atoms with Crippen LogP contribution in [0, 0.1) is 0 Å². The molecular formula is C12H17N5. The average Bonchev–Trinajstić information content (AvgIpc) is 2.79. The number of aromatic nitrogens is 4. The summed E-state index contributed by atoms with van der Waals surface area (Å²) >= 11 is 0. The lowest BCUT2D eigenvalue weighted by atomic mass is 10.3. The Balaban J connectivity index is 2.31. The standard InChI is InChI=1S/C12H17N5/c1-3-5-11-14-6-7-17(11)12-8-10(13-4-2)15-9-16-12/h6-9H,3-5H2,1-2H3,(H,13,15,16). The zero-order valence-electron chi connectivity index (χ0n) is 10.2. The van der Waals surface area contributed by atoms with E-state index in [4.69, 9.17) is 0 Å². The lowest BCUT2D eigenvalue weighted by Gasteiger charge is -2.07. The van der Waals surface area contributed by atoms with E-state index < -0.39 is 0 Å². The van der Waals surface area contributed by atoms with Crippen molar-refractivity contribution in [1.29, 1.82) is 0 Å². The third-order valence-corrected chi connectivity index (χ3v) is 2.45. The highest BCUT2D eigenvalue weighted by Gasteiger charge is 2.06. The summed E-state index contributed by atoms with van der Waals surface area (Å²) in [5, 5.41) is 3.18. The molecule has 0 aliphatic rings. The van der Waals surface area contributed by atoms with Crippen LogP contribution in [0.15, 0.2) is 24.8 Å². The van der Waals surface area contributed by atoms with Crippen LogP contribution < -0.4 is 5.32 Å². The summed E-state index contributed by atoms with van der Waals surface area (Å²) in [4.78, 5) is 12.8. The van der Waals surface area contributed by atoms with Crippen molar-refractivity contribution in [2.45, 2.75) is 26.7 Å². The molecule has 0 radical (unpaired) electrons. The first kappa shape index (κ1) is 11.6. The highest BCUT2D eigenvalue weighted by atomic mass is 15.1. The van der Waals surface area contributed by atoms with Gasteiger partial charge in [-0.3, -0.25) is 4.57 Å². The number of nitrogens with one attached hydrogen (secondary N) is 1. The van der Waals surface area contributed by atoms with E-state index >= 15 is 0 Å². The molecule has 2 aromatic heterocycles.